The number of aryl methyl sites for hydroxylation is 1. The third kappa shape index (κ3) is 1.80. The zero-order valence-electron chi connectivity index (χ0n) is 9.28. The lowest BCUT2D eigenvalue weighted by atomic mass is 10.3. The van der Waals surface area contributed by atoms with E-state index in [1.54, 1.807) is 13.8 Å². The Hall–Kier alpha value is -2.51. The summed E-state index contributed by atoms with van der Waals surface area (Å²) in [6.45, 7) is 3.18. The number of hydrogen-bond donors (Lipinski definition) is 1. The predicted octanol–water partition coefficient (Wildman–Crippen LogP) is 0.770. The molecule has 0 amide bonds. The van der Waals surface area contributed by atoms with E-state index in [2.05, 4.69) is 15.1 Å². The molecule has 0 radical (unpaired) electrons. The van der Waals surface area contributed by atoms with E-state index >= 15 is 0 Å². The van der Waals surface area contributed by atoms with Crippen LogP contribution in [0, 0.1) is 24.0 Å². The number of nitro groups is 1. The zero-order chi connectivity index (χ0) is 12.6. The molecule has 0 unspecified atom stereocenters. The Kier molecular flexibility index (Phi) is 2.47. The maximum absolute atomic E-state index is 10.8. The highest BCUT2D eigenvalue weighted by molar-refractivity contribution is 5.45. The summed E-state index contributed by atoms with van der Waals surface area (Å²) in [5, 5.41) is 14.9. The van der Waals surface area contributed by atoms with Gasteiger partial charge < -0.3 is 5.73 Å². The lowest BCUT2D eigenvalue weighted by molar-refractivity contribution is -0.386. The van der Waals surface area contributed by atoms with E-state index < -0.39 is 4.92 Å². The maximum Gasteiger partial charge on any atom is 0.313 e. The number of nitrogens with two attached hydrogens (primary N) is 1. The summed E-state index contributed by atoms with van der Waals surface area (Å²) in [4.78, 5) is 18.1. The second kappa shape index (κ2) is 3.81. The lowest BCUT2D eigenvalue weighted by Crippen LogP contribution is -2.04. The molecule has 0 aliphatic heterocycles. The van der Waals surface area contributed by atoms with Crippen LogP contribution in [-0.2, 0) is 0 Å². The summed E-state index contributed by atoms with van der Waals surface area (Å²) in [6, 6.07) is 1.50. The average Bonchev–Trinajstić information content (AvgIpc) is 2.54. The number of hydrogen-bond acceptors (Lipinski definition) is 6. The van der Waals surface area contributed by atoms with Crippen molar-refractivity contribution in [1.29, 1.82) is 0 Å². The van der Waals surface area contributed by atoms with E-state index in [0.29, 0.717) is 17.2 Å². The first-order valence-electron chi connectivity index (χ1n) is 4.79. The van der Waals surface area contributed by atoms with Gasteiger partial charge in [0.1, 0.15) is 23.5 Å². The summed E-state index contributed by atoms with van der Waals surface area (Å²) in [7, 11) is 0. The molecule has 0 atom stereocenters. The molecule has 2 aromatic heterocycles. The van der Waals surface area contributed by atoms with Gasteiger partial charge in [-0.2, -0.15) is 5.10 Å². The molecule has 8 nitrogen and oxygen atoms in total. The van der Waals surface area contributed by atoms with Crippen LogP contribution in [0.4, 0.5) is 11.5 Å². The molecule has 0 saturated carbocycles. The molecule has 2 aromatic rings. The molecule has 0 bridgehead atoms. The molecular weight excluding hydrogens is 224 g/mol. The largest absolute Gasteiger partial charge is 0.384 e. The van der Waals surface area contributed by atoms with E-state index in [9.17, 15) is 10.1 Å². The van der Waals surface area contributed by atoms with Crippen LogP contribution < -0.4 is 5.73 Å². The van der Waals surface area contributed by atoms with Gasteiger partial charge in [0.25, 0.3) is 0 Å². The molecule has 2 heterocycles. The van der Waals surface area contributed by atoms with E-state index in [1.165, 1.54) is 17.1 Å². The number of nitrogens with zero attached hydrogens (tertiary/aromatic N) is 5. The monoisotopic (exact) mass is 234 g/mol. The highest BCUT2D eigenvalue weighted by Crippen LogP contribution is 2.23. The van der Waals surface area contributed by atoms with E-state index in [1.807, 2.05) is 0 Å². The molecule has 0 aliphatic rings. The minimum Gasteiger partial charge on any atom is -0.384 e. The Morgan fingerprint density at radius 1 is 1.41 bits per heavy atom. The molecule has 2 rings (SSSR count). The third-order valence-corrected chi connectivity index (χ3v) is 2.33. The fourth-order valence-electron chi connectivity index (χ4n) is 1.60. The van der Waals surface area contributed by atoms with Crippen LogP contribution in [0.25, 0.3) is 5.82 Å². The first-order chi connectivity index (χ1) is 8.00. The molecular formula is C9H10N6O2. The molecule has 8 heteroatoms. The van der Waals surface area contributed by atoms with Gasteiger partial charge in [0.2, 0.25) is 0 Å². The summed E-state index contributed by atoms with van der Waals surface area (Å²) in [5.41, 5.74) is 6.26. The van der Waals surface area contributed by atoms with Gasteiger partial charge in [-0.05, 0) is 13.8 Å². The SMILES string of the molecule is Cc1nn(-c2cc(N)ncn2)c(C)c1[N+](=O)[O-]. The topological polar surface area (TPSA) is 113 Å². The second-order valence-corrected chi connectivity index (χ2v) is 3.49. The number of anilines is 1. The van der Waals surface area contributed by atoms with Crippen molar-refractivity contribution in [2.75, 3.05) is 5.73 Å². The Bertz CT molecular complexity index is 591. The van der Waals surface area contributed by atoms with Gasteiger partial charge in [-0.25, -0.2) is 14.6 Å². The number of aromatic nitrogens is 4. The lowest BCUT2D eigenvalue weighted by Gasteiger charge is -2.01. The van der Waals surface area contributed by atoms with E-state index in [0.717, 1.165) is 0 Å². The van der Waals surface area contributed by atoms with Crippen LogP contribution >= 0.6 is 0 Å². The Morgan fingerprint density at radius 3 is 2.65 bits per heavy atom. The normalized spacial score (nSPS) is 10.5. The van der Waals surface area contributed by atoms with Crippen LogP contribution in [0.1, 0.15) is 11.4 Å². The fraction of sp³-hybridized carbons (Fsp3) is 0.222. The predicted molar refractivity (Wildman–Crippen MR) is 59.7 cm³/mol. The van der Waals surface area contributed by atoms with Crippen molar-refractivity contribution in [3.63, 3.8) is 0 Å². The quantitative estimate of drug-likeness (QED) is 0.606. The van der Waals surface area contributed by atoms with Crippen LogP contribution in [0.2, 0.25) is 0 Å². The van der Waals surface area contributed by atoms with Crippen LogP contribution in [-0.4, -0.2) is 24.7 Å². The molecule has 88 valence electrons. The first-order valence-corrected chi connectivity index (χ1v) is 4.79. The van der Waals surface area contributed by atoms with Gasteiger partial charge >= 0.3 is 5.69 Å². The molecule has 17 heavy (non-hydrogen) atoms. The Morgan fingerprint density at radius 2 is 2.12 bits per heavy atom. The van der Waals surface area contributed by atoms with Crippen molar-refractivity contribution in [1.82, 2.24) is 19.7 Å². The summed E-state index contributed by atoms with van der Waals surface area (Å²) in [5.74, 6) is 0.691. The van der Waals surface area contributed by atoms with Gasteiger partial charge in [-0.3, -0.25) is 10.1 Å². The minimum absolute atomic E-state index is 0.0119. The van der Waals surface area contributed by atoms with E-state index in [-0.39, 0.29) is 11.5 Å². The van der Waals surface area contributed by atoms with Gasteiger partial charge in [0.05, 0.1) is 4.92 Å². The molecule has 2 N–H and O–H groups in total. The highest BCUT2D eigenvalue weighted by Gasteiger charge is 2.22. The smallest absolute Gasteiger partial charge is 0.313 e. The Balaban J connectivity index is 2.62. The average molecular weight is 234 g/mol. The van der Waals surface area contributed by atoms with Crippen LogP contribution in [0.5, 0.6) is 0 Å². The second-order valence-electron chi connectivity index (χ2n) is 3.49. The Labute approximate surface area is 96.3 Å². The standard InChI is InChI=1S/C9H10N6O2/c1-5-9(15(16)17)6(2)14(13-5)8-3-7(10)11-4-12-8/h3-4H,1-2H3,(H2,10,11,12). The fourth-order valence-corrected chi connectivity index (χ4v) is 1.60. The van der Waals surface area contributed by atoms with Crippen molar-refractivity contribution < 1.29 is 4.92 Å². The van der Waals surface area contributed by atoms with Crippen molar-refractivity contribution in [3.8, 4) is 5.82 Å². The van der Waals surface area contributed by atoms with E-state index in [4.69, 9.17) is 5.73 Å². The summed E-state index contributed by atoms with van der Waals surface area (Å²) >= 11 is 0. The van der Waals surface area contributed by atoms with Gasteiger partial charge in [-0.1, -0.05) is 0 Å². The summed E-state index contributed by atoms with van der Waals surface area (Å²) < 4.78 is 1.38. The molecule has 0 spiro atoms. The van der Waals surface area contributed by atoms with Crippen molar-refractivity contribution in [2.24, 2.45) is 0 Å². The van der Waals surface area contributed by atoms with Crippen LogP contribution in [0.3, 0.4) is 0 Å². The van der Waals surface area contributed by atoms with Gasteiger partial charge in [0, 0.05) is 6.07 Å². The number of nitrogen functional groups attached to an aromatic ring is 1. The molecule has 0 fully saturated rings. The maximum atomic E-state index is 10.8. The molecule has 0 aliphatic carbocycles. The third-order valence-electron chi connectivity index (χ3n) is 2.33. The van der Waals surface area contributed by atoms with Gasteiger partial charge in [-0.15, -0.1) is 0 Å². The van der Waals surface area contributed by atoms with Crippen molar-refractivity contribution in [3.05, 3.63) is 33.9 Å². The molecule has 0 aromatic carbocycles. The van der Waals surface area contributed by atoms with Crippen molar-refractivity contribution in [2.45, 2.75) is 13.8 Å². The van der Waals surface area contributed by atoms with Crippen molar-refractivity contribution >= 4 is 11.5 Å². The minimum atomic E-state index is -0.460. The van der Waals surface area contributed by atoms with Gasteiger partial charge in [0.15, 0.2) is 5.82 Å². The van der Waals surface area contributed by atoms with Crippen LogP contribution in [0.15, 0.2) is 12.4 Å². The highest BCUT2D eigenvalue weighted by atomic mass is 16.6. The summed E-state index contributed by atoms with van der Waals surface area (Å²) in [6.07, 6.45) is 1.28. The first kappa shape index (κ1) is 11.0. The molecule has 0 saturated heterocycles. The zero-order valence-corrected chi connectivity index (χ0v) is 9.28. The number of rotatable bonds is 2.